The topological polar surface area (TPSA) is 120 Å². The minimum Gasteiger partial charge on any atom is -0.493 e. The number of amides is 1. The summed E-state index contributed by atoms with van der Waals surface area (Å²) in [5.74, 6) is -0.701. The number of nitrogens with one attached hydrogen (secondary N) is 2. The molecule has 10 heteroatoms. The van der Waals surface area contributed by atoms with E-state index in [4.69, 9.17) is 14.2 Å². The molecule has 0 heterocycles. The number of esters is 1. The van der Waals surface area contributed by atoms with E-state index < -0.39 is 21.9 Å². The normalized spacial score (nSPS) is 13.4. The first-order valence-corrected chi connectivity index (χ1v) is 10.6. The van der Waals surface area contributed by atoms with Crippen LogP contribution in [0, 0.1) is 0 Å². The summed E-state index contributed by atoms with van der Waals surface area (Å²) in [7, 11) is 0.337. The number of methoxy groups -OCH3 is 3. The van der Waals surface area contributed by atoms with Crippen LogP contribution in [0.3, 0.4) is 0 Å². The van der Waals surface area contributed by atoms with Crippen molar-refractivity contribution in [2.24, 2.45) is 0 Å². The van der Waals surface area contributed by atoms with Crippen molar-refractivity contribution in [3.8, 4) is 11.5 Å². The van der Waals surface area contributed by atoms with Crippen LogP contribution in [0.25, 0.3) is 0 Å². The first-order chi connectivity index (χ1) is 14.3. The molecule has 0 unspecified atom stereocenters. The smallest absolute Gasteiger partial charge is 0.340 e. The van der Waals surface area contributed by atoms with Gasteiger partial charge < -0.3 is 19.5 Å². The van der Waals surface area contributed by atoms with Crippen molar-refractivity contribution in [3.63, 3.8) is 0 Å². The number of ether oxygens (including phenoxy) is 3. The first-order valence-electron chi connectivity index (χ1n) is 9.07. The van der Waals surface area contributed by atoms with Crippen LogP contribution >= 0.6 is 0 Å². The summed E-state index contributed by atoms with van der Waals surface area (Å²) in [6, 6.07) is 8.41. The maximum atomic E-state index is 12.8. The standard InChI is InChI=1S/C20H22N2O7S/c1-27-17-10-15(20(24)29-3)16(11-18(17)28-2)21-19(23)12-5-4-6-14(9-12)30(25,26)22-13-7-8-13/h4-6,9-11,13,22H,7-8H2,1-3H3,(H,21,23). The van der Waals surface area contributed by atoms with Crippen LogP contribution in [0.15, 0.2) is 41.3 Å². The summed E-state index contributed by atoms with van der Waals surface area (Å²) in [4.78, 5) is 24.9. The zero-order chi connectivity index (χ0) is 21.9. The molecule has 1 fully saturated rings. The molecule has 160 valence electrons. The van der Waals surface area contributed by atoms with Crippen LogP contribution in [0.2, 0.25) is 0 Å². The molecule has 1 amide bonds. The zero-order valence-electron chi connectivity index (χ0n) is 16.7. The minimum atomic E-state index is -3.71. The fourth-order valence-electron chi connectivity index (χ4n) is 2.75. The maximum absolute atomic E-state index is 12.8. The monoisotopic (exact) mass is 434 g/mol. The molecule has 0 aliphatic heterocycles. The van der Waals surface area contributed by atoms with Gasteiger partial charge in [0.1, 0.15) is 0 Å². The van der Waals surface area contributed by atoms with Gasteiger partial charge in [-0.1, -0.05) is 6.07 Å². The zero-order valence-corrected chi connectivity index (χ0v) is 17.5. The summed E-state index contributed by atoms with van der Waals surface area (Å²) < 4.78 is 42.6. The lowest BCUT2D eigenvalue weighted by Gasteiger charge is -2.15. The Kier molecular flexibility index (Phi) is 6.28. The number of benzene rings is 2. The van der Waals surface area contributed by atoms with Crippen LogP contribution in [0.1, 0.15) is 33.6 Å². The van der Waals surface area contributed by atoms with Crippen LogP contribution < -0.4 is 19.5 Å². The highest BCUT2D eigenvalue weighted by molar-refractivity contribution is 7.89. The van der Waals surface area contributed by atoms with Crippen molar-refractivity contribution in [1.82, 2.24) is 4.72 Å². The van der Waals surface area contributed by atoms with Gasteiger partial charge in [0.05, 0.1) is 37.5 Å². The molecule has 0 atom stereocenters. The Labute approximate surface area is 174 Å². The van der Waals surface area contributed by atoms with E-state index >= 15 is 0 Å². The molecule has 0 radical (unpaired) electrons. The van der Waals surface area contributed by atoms with Crippen LogP contribution in [-0.2, 0) is 14.8 Å². The second-order valence-corrected chi connectivity index (χ2v) is 8.34. The molecule has 1 aliphatic carbocycles. The minimum absolute atomic E-state index is 0.0115. The van der Waals surface area contributed by atoms with Gasteiger partial charge in [-0.15, -0.1) is 0 Å². The van der Waals surface area contributed by atoms with E-state index in [9.17, 15) is 18.0 Å². The summed E-state index contributed by atoms with van der Waals surface area (Å²) in [5.41, 5.74) is 0.302. The number of anilines is 1. The Morgan fingerprint density at radius 2 is 1.67 bits per heavy atom. The lowest BCUT2D eigenvalue weighted by Crippen LogP contribution is -2.26. The Hall–Kier alpha value is -3.11. The Bertz CT molecular complexity index is 1080. The summed E-state index contributed by atoms with van der Waals surface area (Å²) in [6.07, 6.45) is 1.60. The van der Waals surface area contributed by atoms with Crippen LogP contribution in [0.5, 0.6) is 11.5 Å². The maximum Gasteiger partial charge on any atom is 0.340 e. The van der Waals surface area contributed by atoms with E-state index in [1.807, 2.05) is 0 Å². The molecule has 9 nitrogen and oxygen atoms in total. The average Bonchev–Trinajstić information content (AvgIpc) is 3.56. The van der Waals surface area contributed by atoms with E-state index in [1.165, 1.54) is 57.7 Å². The predicted molar refractivity (Wildman–Crippen MR) is 109 cm³/mol. The lowest BCUT2D eigenvalue weighted by atomic mass is 10.1. The van der Waals surface area contributed by atoms with E-state index in [1.54, 1.807) is 0 Å². The van der Waals surface area contributed by atoms with E-state index in [0.717, 1.165) is 12.8 Å². The molecule has 0 spiro atoms. The quantitative estimate of drug-likeness (QED) is 0.611. The van der Waals surface area contributed by atoms with Crippen molar-refractivity contribution in [3.05, 3.63) is 47.5 Å². The van der Waals surface area contributed by atoms with Crippen LogP contribution in [0.4, 0.5) is 5.69 Å². The predicted octanol–water partition coefficient (Wildman–Crippen LogP) is 2.18. The molecule has 0 bridgehead atoms. The number of sulfonamides is 1. The van der Waals surface area contributed by atoms with Crippen LogP contribution in [-0.4, -0.2) is 47.7 Å². The number of hydrogen-bond donors (Lipinski definition) is 2. The van der Waals surface area contributed by atoms with E-state index in [2.05, 4.69) is 10.0 Å². The third-order valence-electron chi connectivity index (χ3n) is 4.48. The van der Waals surface area contributed by atoms with Crippen molar-refractivity contribution >= 4 is 27.6 Å². The largest absolute Gasteiger partial charge is 0.493 e. The SMILES string of the molecule is COC(=O)c1cc(OC)c(OC)cc1NC(=O)c1cccc(S(=O)(=O)NC2CC2)c1. The molecule has 2 N–H and O–H groups in total. The van der Waals surface area contributed by atoms with E-state index in [-0.39, 0.29) is 33.5 Å². The fraction of sp³-hybridized carbons (Fsp3) is 0.300. The third kappa shape index (κ3) is 4.71. The van der Waals surface area contributed by atoms with Gasteiger partial charge in [0.25, 0.3) is 5.91 Å². The van der Waals surface area contributed by atoms with Gasteiger partial charge in [-0.25, -0.2) is 17.9 Å². The molecule has 0 saturated heterocycles. The summed E-state index contributed by atoms with van der Waals surface area (Å²) >= 11 is 0. The number of rotatable bonds is 8. The Morgan fingerprint density at radius 3 is 2.27 bits per heavy atom. The van der Waals surface area contributed by atoms with Crippen molar-refractivity contribution in [2.75, 3.05) is 26.6 Å². The van der Waals surface area contributed by atoms with Gasteiger partial charge in [0, 0.05) is 23.7 Å². The average molecular weight is 434 g/mol. The van der Waals surface area contributed by atoms with Crippen molar-refractivity contribution in [2.45, 2.75) is 23.8 Å². The highest BCUT2D eigenvalue weighted by Gasteiger charge is 2.28. The molecular weight excluding hydrogens is 412 g/mol. The molecule has 3 rings (SSSR count). The lowest BCUT2D eigenvalue weighted by molar-refractivity contribution is 0.0601. The van der Waals surface area contributed by atoms with Gasteiger partial charge in [-0.2, -0.15) is 0 Å². The molecule has 30 heavy (non-hydrogen) atoms. The van der Waals surface area contributed by atoms with E-state index in [0.29, 0.717) is 5.75 Å². The van der Waals surface area contributed by atoms with Gasteiger partial charge in [-0.05, 0) is 31.0 Å². The molecular formula is C20H22N2O7S. The summed E-state index contributed by atoms with van der Waals surface area (Å²) in [6.45, 7) is 0. The Balaban J connectivity index is 1.92. The molecule has 1 aliphatic rings. The van der Waals surface area contributed by atoms with Gasteiger partial charge in [0.15, 0.2) is 11.5 Å². The Morgan fingerprint density at radius 1 is 1.00 bits per heavy atom. The molecule has 0 aromatic heterocycles. The molecule has 2 aromatic rings. The van der Waals surface area contributed by atoms with Crippen molar-refractivity contribution < 1.29 is 32.2 Å². The highest BCUT2D eigenvalue weighted by Crippen LogP contribution is 2.34. The summed E-state index contributed by atoms with van der Waals surface area (Å²) in [5, 5.41) is 2.61. The second kappa shape index (κ2) is 8.72. The molecule has 1 saturated carbocycles. The first kappa shape index (κ1) is 21.6. The fourth-order valence-corrected chi connectivity index (χ4v) is 4.10. The number of hydrogen-bond acceptors (Lipinski definition) is 7. The van der Waals surface area contributed by atoms with Gasteiger partial charge >= 0.3 is 5.97 Å². The number of carbonyl (C=O) groups excluding carboxylic acids is 2. The molecule has 2 aromatic carbocycles. The van der Waals surface area contributed by atoms with Gasteiger partial charge in [-0.3, -0.25) is 4.79 Å². The van der Waals surface area contributed by atoms with Gasteiger partial charge in [0.2, 0.25) is 10.0 Å². The number of carbonyl (C=O) groups is 2. The second-order valence-electron chi connectivity index (χ2n) is 6.62. The van der Waals surface area contributed by atoms with Crippen molar-refractivity contribution in [1.29, 1.82) is 0 Å². The highest BCUT2D eigenvalue weighted by atomic mass is 32.2. The third-order valence-corrected chi connectivity index (χ3v) is 6.00.